The molecular weight excluding hydrogens is 404 g/mol. The molecule has 1 amide bonds. The lowest BCUT2D eigenvalue weighted by Gasteiger charge is -2.08. The fourth-order valence-corrected chi connectivity index (χ4v) is 4.35. The van der Waals surface area contributed by atoms with E-state index in [9.17, 15) is 4.79 Å². The molecule has 0 unspecified atom stereocenters. The van der Waals surface area contributed by atoms with Gasteiger partial charge in [0.05, 0.1) is 22.5 Å². The summed E-state index contributed by atoms with van der Waals surface area (Å²) in [6, 6.07) is 20.0. The summed E-state index contributed by atoms with van der Waals surface area (Å²) in [7, 11) is 1.65. The number of amides is 1. The summed E-state index contributed by atoms with van der Waals surface area (Å²) in [4.78, 5) is 18.5. The maximum atomic E-state index is 12.2. The van der Waals surface area contributed by atoms with Crippen LogP contribution in [0.2, 0.25) is 0 Å². The van der Waals surface area contributed by atoms with Crippen LogP contribution >= 0.6 is 11.8 Å². The second-order valence-electron chi connectivity index (χ2n) is 7.37. The van der Waals surface area contributed by atoms with Crippen LogP contribution in [0.15, 0.2) is 76.7 Å². The van der Waals surface area contributed by atoms with E-state index < -0.39 is 0 Å². The molecule has 2 aromatic heterocycles. The number of nitrogens with one attached hydrogen (secondary N) is 1. The minimum absolute atomic E-state index is 0.0878. The zero-order valence-corrected chi connectivity index (χ0v) is 18.6. The standard InChI is InChI=1S/C25H24N4OS/c1-17(2)29-23(14-11-18-8-6-7-15-27-18)20-13-12-19(16-22(20)28-29)31-24-10-5-4-9-21(24)25(30)26-3/h4-17H,1-3H3,(H,26,30)/b14-11+. The van der Waals surface area contributed by atoms with Crippen molar-refractivity contribution in [2.75, 3.05) is 7.05 Å². The number of carbonyl (C=O) groups excluding carboxylic acids is 1. The molecule has 31 heavy (non-hydrogen) atoms. The molecule has 5 nitrogen and oxygen atoms in total. The summed E-state index contributed by atoms with van der Waals surface area (Å²) >= 11 is 1.57. The van der Waals surface area contributed by atoms with E-state index in [1.165, 1.54) is 0 Å². The van der Waals surface area contributed by atoms with Crippen molar-refractivity contribution in [2.45, 2.75) is 29.7 Å². The van der Waals surface area contributed by atoms with E-state index in [1.807, 2.05) is 53.2 Å². The van der Waals surface area contributed by atoms with E-state index in [0.29, 0.717) is 5.56 Å². The highest BCUT2D eigenvalue weighted by atomic mass is 32.2. The van der Waals surface area contributed by atoms with Crippen molar-refractivity contribution < 1.29 is 4.79 Å². The monoisotopic (exact) mass is 428 g/mol. The summed E-state index contributed by atoms with van der Waals surface area (Å²) in [5.41, 5.74) is 3.56. The predicted octanol–water partition coefficient (Wildman–Crippen LogP) is 5.69. The first kappa shape index (κ1) is 20.9. The Morgan fingerprint density at radius 1 is 1.06 bits per heavy atom. The van der Waals surface area contributed by atoms with E-state index in [-0.39, 0.29) is 11.9 Å². The normalized spacial score (nSPS) is 11.5. The molecule has 0 saturated heterocycles. The highest BCUT2D eigenvalue weighted by Gasteiger charge is 2.14. The SMILES string of the molecule is CNC(=O)c1ccccc1Sc1ccc2c(/C=C/c3ccccn3)n(C(C)C)nc2c1. The van der Waals surface area contributed by atoms with Crippen LogP contribution in [0.3, 0.4) is 0 Å². The van der Waals surface area contributed by atoms with Gasteiger partial charge in [0, 0.05) is 34.5 Å². The van der Waals surface area contributed by atoms with E-state index in [2.05, 4.69) is 48.4 Å². The van der Waals surface area contributed by atoms with Gasteiger partial charge >= 0.3 is 0 Å². The molecule has 4 aromatic rings. The summed E-state index contributed by atoms with van der Waals surface area (Å²) in [6.07, 6.45) is 5.88. The van der Waals surface area contributed by atoms with Gasteiger partial charge in [0.15, 0.2) is 0 Å². The number of pyridine rings is 1. The smallest absolute Gasteiger partial charge is 0.252 e. The molecule has 0 saturated carbocycles. The number of benzene rings is 2. The molecule has 0 fully saturated rings. The Balaban J connectivity index is 1.71. The van der Waals surface area contributed by atoms with Crippen LogP contribution in [0, 0.1) is 0 Å². The molecule has 0 bridgehead atoms. The average Bonchev–Trinajstić information content (AvgIpc) is 3.16. The largest absolute Gasteiger partial charge is 0.355 e. The molecule has 6 heteroatoms. The number of aromatic nitrogens is 3. The second-order valence-corrected chi connectivity index (χ2v) is 8.48. The maximum Gasteiger partial charge on any atom is 0.252 e. The van der Waals surface area contributed by atoms with Crippen LogP contribution in [0.5, 0.6) is 0 Å². The van der Waals surface area contributed by atoms with Crippen molar-refractivity contribution >= 4 is 40.7 Å². The molecule has 0 aliphatic heterocycles. The number of hydrogen-bond donors (Lipinski definition) is 1. The molecule has 4 rings (SSSR count). The zero-order valence-electron chi connectivity index (χ0n) is 17.7. The number of fused-ring (bicyclic) bond motifs is 1. The average molecular weight is 429 g/mol. The molecule has 1 N–H and O–H groups in total. The fraction of sp³-hybridized carbons (Fsp3) is 0.160. The summed E-state index contributed by atoms with van der Waals surface area (Å²) in [5.74, 6) is -0.0878. The Morgan fingerprint density at radius 2 is 1.87 bits per heavy atom. The Labute approximate surface area is 186 Å². The fourth-order valence-electron chi connectivity index (χ4n) is 3.37. The van der Waals surface area contributed by atoms with Crippen molar-refractivity contribution in [3.63, 3.8) is 0 Å². The summed E-state index contributed by atoms with van der Waals surface area (Å²) < 4.78 is 2.04. The van der Waals surface area contributed by atoms with Crippen LogP contribution in [-0.2, 0) is 0 Å². The van der Waals surface area contributed by atoms with Gasteiger partial charge in [0.1, 0.15) is 0 Å². The molecule has 0 aliphatic carbocycles. The quantitative estimate of drug-likeness (QED) is 0.428. The predicted molar refractivity (Wildman–Crippen MR) is 127 cm³/mol. The molecule has 2 heterocycles. The van der Waals surface area contributed by atoms with Crippen molar-refractivity contribution in [3.8, 4) is 0 Å². The molecule has 0 spiro atoms. The second kappa shape index (κ2) is 9.18. The first-order valence-electron chi connectivity index (χ1n) is 10.2. The lowest BCUT2D eigenvalue weighted by atomic mass is 10.2. The summed E-state index contributed by atoms with van der Waals surface area (Å²) in [6.45, 7) is 4.25. The van der Waals surface area contributed by atoms with Crippen molar-refractivity contribution in [1.82, 2.24) is 20.1 Å². The van der Waals surface area contributed by atoms with E-state index >= 15 is 0 Å². The van der Waals surface area contributed by atoms with E-state index in [4.69, 9.17) is 5.10 Å². The van der Waals surface area contributed by atoms with Gasteiger partial charge in [0.2, 0.25) is 0 Å². The Bertz CT molecular complexity index is 1250. The lowest BCUT2D eigenvalue weighted by molar-refractivity contribution is 0.0960. The van der Waals surface area contributed by atoms with Crippen LogP contribution in [-0.4, -0.2) is 27.7 Å². The number of nitrogens with zero attached hydrogens (tertiary/aromatic N) is 3. The molecule has 156 valence electrons. The van der Waals surface area contributed by atoms with Crippen LogP contribution < -0.4 is 5.32 Å². The van der Waals surface area contributed by atoms with Gasteiger partial charge in [-0.1, -0.05) is 30.0 Å². The van der Waals surface area contributed by atoms with Gasteiger partial charge in [-0.2, -0.15) is 5.10 Å². The highest BCUT2D eigenvalue weighted by Crippen LogP contribution is 2.33. The van der Waals surface area contributed by atoms with Gasteiger partial charge in [0.25, 0.3) is 5.91 Å². The molecule has 0 atom stereocenters. The Morgan fingerprint density at radius 3 is 2.61 bits per heavy atom. The van der Waals surface area contributed by atoms with Gasteiger partial charge in [-0.05, 0) is 68.5 Å². The lowest BCUT2D eigenvalue weighted by Crippen LogP contribution is -2.18. The van der Waals surface area contributed by atoms with Crippen molar-refractivity contribution in [3.05, 3.63) is 83.8 Å². The number of hydrogen-bond acceptors (Lipinski definition) is 4. The van der Waals surface area contributed by atoms with E-state index in [1.54, 1.807) is 25.0 Å². The van der Waals surface area contributed by atoms with Crippen LogP contribution in [0.4, 0.5) is 0 Å². The third-order valence-electron chi connectivity index (χ3n) is 4.88. The van der Waals surface area contributed by atoms with Crippen molar-refractivity contribution in [2.24, 2.45) is 0 Å². The van der Waals surface area contributed by atoms with Gasteiger partial charge in [-0.15, -0.1) is 0 Å². The first-order chi connectivity index (χ1) is 15.1. The van der Waals surface area contributed by atoms with Crippen LogP contribution in [0.1, 0.15) is 41.6 Å². The summed E-state index contributed by atoms with van der Waals surface area (Å²) in [5, 5.41) is 8.65. The number of carbonyl (C=O) groups is 1. The van der Waals surface area contributed by atoms with Gasteiger partial charge in [-0.25, -0.2) is 0 Å². The number of rotatable bonds is 6. The van der Waals surface area contributed by atoms with Crippen LogP contribution in [0.25, 0.3) is 23.1 Å². The maximum absolute atomic E-state index is 12.2. The third-order valence-corrected chi connectivity index (χ3v) is 5.95. The molecule has 0 radical (unpaired) electrons. The first-order valence-corrected chi connectivity index (χ1v) is 11.0. The third kappa shape index (κ3) is 4.54. The molecule has 0 aliphatic rings. The van der Waals surface area contributed by atoms with Gasteiger partial charge < -0.3 is 5.32 Å². The molecular formula is C25H24N4OS. The minimum Gasteiger partial charge on any atom is -0.355 e. The Hall–Kier alpha value is -3.38. The topological polar surface area (TPSA) is 59.8 Å². The van der Waals surface area contributed by atoms with E-state index in [0.717, 1.165) is 32.1 Å². The highest BCUT2D eigenvalue weighted by molar-refractivity contribution is 7.99. The van der Waals surface area contributed by atoms with Gasteiger partial charge in [-0.3, -0.25) is 14.5 Å². The molecule has 2 aromatic carbocycles. The van der Waals surface area contributed by atoms with Crippen molar-refractivity contribution in [1.29, 1.82) is 0 Å². The zero-order chi connectivity index (χ0) is 21.8. The minimum atomic E-state index is -0.0878. The Kier molecular flexibility index (Phi) is 6.18.